The Balaban J connectivity index is 1.83. The summed E-state index contributed by atoms with van der Waals surface area (Å²) >= 11 is 0. The highest BCUT2D eigenvalue weighted by Crippen LogP contribution is 2.25. The fourth-order valence-corrected chi connectivity index (χ4v) is 4.16. The van der Waals surface area contributed by atoms with Gasteiger partial charge in [0.25, 0.3) is 5.91 Å². The third-order valence-corrected chi connectivity index (χ3v) is 6.20. The zero-order valence-corrected chi connectivity index (χ0v) is 23.7. The number of pyridine rings is 1. The van der Waals surface area contributed by atoms with Crippen LogP contribution in [0, 0.1) is 11.8 Å². The first-order valence-electron chi connectivity index (χ1n) is 13.5. The quantitative estimate of drug-likeness (QED) is 0.194. The molecule has 0 radical (unpaired) electrons. The van der Waals surface area contributed by atoms with Gasteiger partial charge in [-0.15, -0.1) is 0 Å². The van der Waals surface area contributed by atoms with Crippen molar-refractivity contribution in [1.82, 2.24) is 15.6 Å². The number of nitrogens with zero attached hydrogens (tertiary/aromatic N) is 1. The summed E-state index contributed by atoms with van der Waals surface area (Å²) in [5, 5.41) is 16.6. The third kappa shape index (κ3) is 10.0. The summed E-state index contributed by atoms with van der Waals surface area (Å²) in [4.78, 5) is 67.3. The predicted molar refractivity (Wildman–Crippen MR) is 155 cm³/mol. The Bertz CT molecular complexity index is 1420. The van der Waals surface area contributed by atoms with Crippen molar-refractivity contribution in [2.24, 2.45) is 11.8 Å². The lowest BCUT2D eigenvalue weighted by atomic mass is 9.94. The van der Waals surface area contributed by atoms with Gasteiger partial charge >= 0.3 is 5.97 Å². The number of aromatic nitrogens is 1. The molecule has 0 aliphatic carbocycles. The van der Waals surface area contributed by atoms with Crippen molar-refractivity contribution in [2.75, 3.05) is 12.0 Å². The number of nitrogens with one attached hydrogen (secondary N) is 3. The van der Waals surface area contributed by atoms with Gasteiger partial charge in [-0.3, -0.25) is 29.0 Å². The number of alkyl halides is 1. The van der Waals surface area contributed by atoms with Crippen molar-refractivity contribution >= 4 is 35.2 Å². The van der Waals surface area contributed by atoms with Crippen LogP contribution in [0.1, 0.15) is 38.3 Å². The Hall–Kier alpha value is -5.13. The number of carboxylic acids is 1. The standard InChI is InChI=1S/C31H33FN4O7/c1-19(2)14-24(29(40)35-25(16-27(38)39)26(37)17-32)30(41)36-28(20-8-7-13-33-18-20)31(42)34-21-9-6-12-23(15-21)43-22-10-4-3-5-11-22/h3-13,15,18-19,24-25,28H,14,16-17H2,1-2H3,(H,34,42)(H,35,40)(H,36,41)(H,38,39). The number of carbonyl (C=O) groups is 5. The number of benzene rings is 2. The van der Waals surface area contributed by atoms with Crippen molar-refractivity contribution in [3.8, 4) is 11.5 Å². The number of para-hydroxylation sites is 1. The molecule has 12 heteroatoms. The molecule has 0 bridgehead atoms. The van der Waals surface area contributed by atoms with Crippen molar-refractivity contribution in [1.29, 1.82) is 0 Å². The van der Waals surface area contributed by atoms with Crippen molar-refractivity contribution in [3.63, 3.8) is 0 Å². The van der Waals surface area contributed by atoms with E-state index >= 15 is 0 Å². The van der Waals surface area contributed by atoms with Crippen LogP contribution in [0.25, 0.3) is 0 Å². The maximum absolute atomic E-state index is 13.5. The largest absolute Gasteiger partial charge is 0.481 e. The molecule has 3 rings (SSSR count). The molecule has 0 saturated heterocycles. The van der Waals surface area contributed by atoms with Gasteiger partial charge in [0.15, 0.2) is 5.78 Å². The summed E-state index contributed by atoms with van der Waals surface area (Å²) in [7, 11) is 0. The zero-order chi connectivity index (χ0) is 31.4. The second kappa shape index (κ2) is 15.8. The van der Waals surface area contributed by atoms with Gasteiger partial charge in [-0.25, -0.2) is 4.39 Å². The van der Waals surface area contributed by atoms with Crippen LogP contribution in [0.5, 0.6) is 11.5 Å². The molecule has 0 fully saturated rings. The highest BCUT2D eigenvalue weighted by atomic mass is 19.1. The molecule has 0 aliphatic rings. The van der Waals surface area contributed by atoms with Crippen molar-refractivity contribution in [3.05, 3.63) is 84.7 Å². The highest BCUT2D eigenvalue weighted by Gasteiger charge is 2.34. The zero-order valence-electron chi connectivity index (χ0n) is 23.7. The average Bonchev–Trinajstić information content (AvgIpc) is 2.98. The molecule has 0 saturated carbocycles. The second-order valence-electron chi connectivity index (χ2n) is 10.1. The molecule has 3 aromatic rings. The van der Waals surface area contributed by atoms with Gasteiger partial charge in [0, 0.05) is 29.7 Å². The fraction of sp³-hybridized carbons (Fsp3) is 0.290. The van der Waals surface area contributed by atoms with E-state index in [4.69, 9.17) is 9.84 Å². The van der Waals surface area contributed by atoms with Gasteiger partial charge in [0.05, 0.1) is 6.42 Å². The summed E-state index contributed by atoms with van der Waals surface area (Å²) in [6, 6.07) is 15.9. The maximum Gasteiger partial charge on any atom is 0.305 e. The number of amides is 3. The SMILES string of the molecule is CC(C)CC(C(=O)NC(CC(=O)O)C(=O)CF)C(=O)NC(C(=O)Nc1cccc(Oc2ccccc2)c1)c1cccnc1. The lowest BCUT2D eigenvalue weighted by molar-refractivity contribution is -0.142. The van der Waals surface area contributed by atoms with Crippen LogP contribution in [0.3, 0.4) is 0 Å². The minimum atomic E-state index is -1.65. The Morgan fingerprint density at radius 2 is 1.58 bits per heavy atom. The lowest BCUT2D eigenvalue weighted by Gasteiger charge is -2.24. The molecule has 0 spiro atoms. The number of anilines is 1. The third-order valence-electron chi connectivity index (χ3n) is 6.20. The first-order valence-corrected chi connectivity index (χ1v) is 13.5. The Morgan fingerprint density at radius 1 is 0.884 bits per heavy atom. The van der Waals surface area contributed by atoms with Gasteiger partial charge < -0.3 is 25.8 Å². The second-order valence-corrected chi connectivity index (χ2v) is 10.1. The van der Waals surface area contributed by atoms with E-state index in [1.165, 1.54) is 12.4 Å². The summed E-state index contributed by atoms with van der Waals surface area (Å²) in [6.45, 7) is 2.02. The minimum absolute atomic E-state index is 0.00151. The topological polar surface area (TPSA) is 164 Å². The van der Waals surface area contributed by atoms with Crippen molar-refractivity contribution < 1.29 is 38.2 Å². The molecule has 1 heterocycles. The van der Waals surface area contributed by atoms with Gasteiger partial charge in [-0.2, -0.15) is 0 Å². The average molecular weight is 593 g/mol. The van der Waals surface area contributed by atoms with E-state index in [9.17, 15) is 28.4 Å². The molecule has 4 N–H and O–H groups in total. The predicted octanol–water partition coefficient (Wildman–Crippen LogP) is 3.83. The molecule has 11 nitrogen and oxygen atoms in total. The van der Waals surface area contributed by atoms with E-state index in [1.807, 2.05) is 18.2 Å². The number of rotatable bonds is 15. The first kappa shape index (κ1) is 32.4. The molecule has 3 unspecified atom stereocenters. The van der Waals surface area contributed by atoms with Gasteiger partial charge in [-0.05, 0) is 42.7 Å². The molecule has 3 atom stereocenters. The molecule has 2 aromatic carbocycles. The normalized spacial score (nSPS) is 12.8. The van der Waals surface area contributed by atoms with Crippen LogP contribution < -0.4 is 20.7 Å². The summed E-state index contributed by atoms with van der Waals surface area (Å²) < 4.78 is 18.9. The number of aliphatic carboxylic acids is 1. The van der Waals surface area contributed by atoms with Gasteiger partial charge in [0.2, 0.25) is 11.8 Å². The van der Waals surface area contributed by atoms with E-state index in [0.29, 0.717) is 22.7 Å². The number of carbonyl (C=O) groups excluding carboxylic acids is 4. The number of ketones is 1. The number of hydrogen-bond donors (Lipinski definition) is 4. The molecule has 3 amide bonds. The Kier molecular flexibility index (Phi) is 11.9. The molecule has 1 aromatic heterocycles. The monoisotopic (exact) mass is 592 g/mol. The van der Waals surface area contributed by atoms with Gasteiger partial charge in [0.1, 0.15) is 36.2 Å². The number of halogens is 1. The van der Waals surface area contributed by atoms with Crippen LogP contribution in [-0.2, 0) is 24.0 Å². The maximum atomic E-state index is 13.5. The molecular formula is C31H33FN4O7. The number of ether oxygens (including phenoxy) is 1. The van der Waals surface area contributed by atoms with E-state index in [2.05, 4.69) is 20.9 Å². The van der Waals surface area contributed by atoms with E-state index in [1.54, 1.807) is 62.4 Å². The lowest BCUT2D eigenvalue weighted by Crippen LogP contribution is -2.50. The fourth-order valence-electron chi connectivity index (χ4n) is 4.16. The Labute approximate surface area is 247 Å². The number of carboxylic acid groups (broad SMARTS) is 1. The highest BCUT2D eigenvalue weighted by molar-refractivity contribution is 6.05. The number of Topliss-reactive ketones (excluding diaryl/α,β-unsaturated/α-hetero) is 1. The molecule has 43 heavy (non-hydrogen) atoms. The van der Waals surface area contributed by atoms with Crippen LogP contribution in [0.4, 0.5) is 10.1 Å². The summed E-state index contributed by atoms with van der Waals surface area (Å²) in [5.74, 6) is -5.56. The molecular weight excluding hydrogens is 559 g/mol. The molecule has 226 valence electrons. The smallest absolute Gasteiger partial charge is 0.305 e. The van der Waals surface area contributed by atoms with Crippen molar-refractivity contribution in [2.45, 2.75) is 38.8 Å². The van der Waals surface area contributed by atoms with E-state index in [0.717, 1.165) is 0 Å². The van der Waals surface area contributed by atoms with Crippen LogP contribution >= 0.6 is 0 Å². The van der Waals surface area contributed by atoms with Crippen LogP contribution in [-0.4, -0.2) is 52.3 Å². The van der Waals surface area contributed by atoms with E-state index in [-0.39, 0.29) is 12.3 Å². The minimum Gasteiger partial charge on any atom is -0.481 e. The van der Waals surface area contributed by atoms with Crippen LogP contribution in [0.15, 0.2) is 79.1 Å². The summed E-state index contributed by atoms with van der Waals surface area (Å²) in [6.07, 6.45) is 2.03. The van der Waals surface area contributed by atoms with Gasteiger partial charge in [-0.1, -0.05) is 44.2 Å². The summed E-state index contributed by atoms with van der Waals surface area (Å²) in [5.41, 5.74) is 0.699. The first-order chi connectivity index (χ1) is 20.6. The van der Waals surface area contributed by atoms with Crippen LogP contribution in [0.2, 0.25) is 0 Å². The molecule has 0 aliphatic heterocycles. The number of hydrogen-bond acceptors (Lipinski definition) is 7. The van der Waals surface area contributed by atoms with E-state index < -0.39 is 60.6 Å². The Morgan fingerprint density at radius 3 is 2.21 bits per heavy atom.